The van der Waals surface area contributed by atoms with Gasteiger partial charge in [-0.15, -0.1) is 0 Å². The van der Waals surface area contributed by atoms with E-state index in [1.807, 2.05) is 36.5 Å². The maximum atomic E-state index is 13.0. The molecule has 204 valence electrons. The van der Waals surface area contributed by atoms with Crippen molar-refractivity contribution in [1.82, 2.24) is 20.6 Å². The van der Waals surface area contributed by atoms with E-state index in [-0.39, 0.29) is 18.5 Å². The minimum atomic E-state index is -0.387. The minimum Gasteiger partial charge on any atom is -0.493 e. The topological polar surface area (TPSA) is 117 Å². The van der Waals surface area contributed by atoms with Crippen molar-refractivity contribution in [1.29, 1.82) is 0 Å². The van der Waals surface area contributed by atoms with Crippen molar-refractivity contribution in [3.63, 3.8) is 0 Å². The number of amides is 3. The summed E-state index contributed by atoms with van der Waals surface area (Å²) in [6.45, 7) is 5.37. The lowest BCUT2D eigenvalue weighted by atomic mass is 10.1. The molecule has 4 aromatic rings. The average molecular weight is 530 g/mol. The molecule has 0 aliphatic heterocycles. The first-order valence-electron chi connectivity index (χ1n) is 13.1. The van der Waals surface area contributed by atoms with Crippen LogP contribution in [0.1, 0.15) is 48.2 Å². The molecule has 0 atom stereocenters. The SMILES string of the molecule is COc1cc(CNC(=O)c2ccccc2)c(NC(=O)NCc2ccnc3[nH]ccc23)cc1OCCCC(C)C. The molecule has 0 saturated heterocycles. The van der Waals surface area contributed by atoms with Crippen molar-refractivity contribution in [2.24, 2.45) is 5.92 Å². The first-order valence-corrected chi connectivity index (χ1v) is 13.1. The lowest BCUT2D eigenvalue weighted by Gasteiger charge is -2.18. The number of aromatic amines is 1. The maximum Gasteiger partial charge on any atom is 0.319 e. The van der Waals surface area contributed by atoms with Crippen LogP contribution in [0.4, 0.5) is 10.5 Å². The van der Waals surface area contributed by atoms with Crippen LogP contribution in [0.5, 0.6) is 11.5 Å². The van der Waals surface area contributed by atoms with Gasteiger partial charge in [0.1, 0.15) is 5.65 Å². The molecule has 3 amide bonds. The number of nitrogens with zero attached hydrogens (tertiary/aromatic N) is 1. The first-order chi connectivity index (χ1) is 18.9. The van der Waals surface area contributed by atoms with Gasteiger partial charge in [0, 0.05) is 42.5 Å². The number of methoxy groups -OCH3 is 1. The van der Waals surface area contributed by atoms with E-state index >= 15 is 0 Å². The monoisotopic (exact) mass is 529 g/mol. The van der Waals surface area contributed by atoms with Crippen molar-refractivity contribution in [2.75, 3.05) is 19.0 Å². The quantitative estimate of drug-likeness (QED) is 0.177. The predicted molar refractivity (Wildman–Crippen MR) is 152 cm³/mol. The zero-order valence-corrected chi connectivity index (χ0v) is 22.5. The molecule has 0 aliphatic carbocycles. The highest BCUT2D eigenvalue weighted by molar-refractivity contribution is 5.94. The third kappa shape index (κ3) is 7.50. The van der Waals surface area contributed by atoms with Crippen LogP contribution >= 0.6 is 0 Å². The number of nitrogens with one attached hydrogen (secondary N) is 4. The van der Waals surface area contributed by atoms with Gasteiger partial charge in [0.05, 0.1) is 19.4 Å². The summed E-state index contributed by atoms with van der Waals surface area (Å²) in [5.41, 5.74) is 3.45. The third-order valence-electron chi connectivity index (χ3n) is 6.29. The van der Waals surface area contributed by atoms with Crippen LogP contribution in [0.3, 0.4) is 0 Å². The second kappa shape index (κ2) is 13.3. The van der Waals surface area contributed by atoms with Gasteiger partial charge in [-0.1, -0.05) is 32.0 Å². The number of carbonyl (C=O) groups is 2. The fourth-order valence-electron chi connectivity index (χ4n) is 4.19. The number of pyridine rings is 1. The number of benzene rings is 2. The molecule has 0 aliphatic rings. The fraction of sp³-hybridized carbons (Fsp3) is 0.300. The van der Waals surface area contributed by atoms with Gasteiger partial charge >= 0.3 is 6.03 Å². The highest BCUT2D eigenvalue weighted by atomic mass is 16.5. The molecule has 9 nitrogen and oxygen atoms in total. The van der Waals surface area contributed by atoms with Crippen molar-refractivity contribution >= 4 is 28.7 Å². The highest BCUT2D eigenvalue weighted by Crippen LogP contribution is 2.34. The Morgan fingerprint density at radius 2 is 1.77 bits per heavy atom. The summed E-state index contributed by atoms with van der Waals surface area (Å²) in [5.74, 6) is 1.42. The van der Waals surface area contributed by atoms with Crippen molar-refractivity contribution < 1.29 is 19.1 Å². The van der Waals surface area contributed by atoms with Crippen LogP contribution in [0, 0.1) is 5.92 Å². The largest absolute Gasteiger partial charge is 0.493 e. The molecule has 39 heavy (non-hydrogen) atoms. The number of hydrogen-bond donors (Lipinski definition) is 4. The number of H-pyrrole nitrogens is 1. The third-order valence-corrected chi connectivity index (χ3v) is 6.29. The molecule has 0 bridgehead atoms. The molecule has 2 aromatic heterocycles. The van der Waals surface area contributed by atoms with E-state index in [0.29, 0.717) is 47.4 Å². The Hall–Kier alpha value is -4.53. The van der Waals surface area contributed by atoms with E-state index in [0.717, 1.165) is 29.4 Å². The maximum absolute atomic E-state index is 13.0. The van der Waals surface area contributed by atoms with Gasteiger partial charge in [0.25, 0.3) is 5.91 Å². The average Bonchev–Trinajstić information content (AvgIpc) is 3.43. The number of hydrogen-bond acceptors (Lipinski definition) is 5. The van der Waals surface area contributed by atoms with Gasteiger partial charge < -0.3 is 30.4 Å². The molecule has 0 spiro atoms. The Bertz CT molecular complexity index is 1400. The Kier molecular flexibility index (Phi) is 9.39. The van der Waals surface area contributed by atoms with E-state index in [1.54, 1.807) is 37.6 Å². The van der Waals surface area contributed by atoms with Gasteiger partial charge in [0.15, 0.2) is 11.5 Å². The standard InChI is InChI=1S/C30H35N5O4/c1-20(2)8-7-15-39-27-17-25(35-30(37)34-18-22-11-13-31-28-24(22)12-14-32-28)23(16-26(27)38-3)19-33-29(36)21-9-5-4-6-10-21/h4-6,9-14,16-17,20H,7-8,15,18-19H2,1-3H3,(H,31,32)(H,33,36)(H2,34,35,37). The van der Waals surface area contributed by atoms with Gasteiger partial charge in [-0.2, -0.15) is 0 Å². The number of fused-ring (bicyclic) bond motifs is 1. The van der Waals surface area contributed by atoms with E-state index in [2.05, 4.69) is 39.8 Å². The molecule has 4 rings (SSSR count). The summed E-state index contributed by atoms with van der Waals surface area (Å²) < 4.78 is 11.6. The lowest BCUT2D eigenvalue weighted by molar-refractivity contribution is 0.0951. The number of urea groups is 1. The van der Waals surface area contributed by atoms with Gasteiger partial charge in [-0.3, -0.25) is 4.79 Å². The lowest BCUT2D eigenvalue weighted by Crippen LogP contribution is -2.29. The van der Waals surface area contributed by atoms with Crippen LogP contribution in [0.25, 0.3) is 11.0 Å². The van der Waals surface area contributed by atoms with Crippen molar-refractivity contribution in [3.8, 4) is 11.5 Å². The molecule has 2 aromatic carbocycles. The normalized spacial score (nSPS) is 10.9. The summed E-state index contributed by atoms with van der Waals surface area (Å²) in [4.78, 5) is 33.0. The van der Waals surface area contributed by atoms with Crippen LogP contribution in [-0.4, -0.2) is 35.6 Å². The second-order valence-corrected chi connectivity index (χ2v) is 9.61. The predicted octanol–water partition coefficient (Wildman–Crippen LogP) is 5.64. The summed E-state index contributed by atoms with van der Waals surface area (Å²) in [6.07, 6.45) is 5.46. The summed E-state index contributed by atoms with van der Waals surface area (Å²) in [7, 11) is 1.57. The first kappa shape index (κ1) is 27.5. The number of ether oxygens (including phenoxy) is 2. The smallest absolute Gasteiger partial charge is 0.319 e. The van der Waals surface area contributed by atoms with E-state index < -0.39 is 0 Å². The Labute approximate surface area is 228 Å². The molecule has 4 N–H and O–H groups in total. The summed E-state index contributed by atoms with van der Waals surface area (Å²) in [6, 6.07) is 15.9. The highest BCUT2D eigenvalue weighted by Gasteiger charge is 2.16. The van der Waals surface area contributed by atoms with Crippen molar-refractivity contribution in [2.45, 2.75) is 39.8 Å². The zero-order valence-electron chi connectivity index (χ0n) is 22.5. The zero-order chi connectivity index (χ0) is 27.6. The van der Waals surface area contributed by atoms with Crippen LogP contribution in [0.2, 0.25) is 0 Å². The molecule has 0 saturated carbocycles. The van der Waals surface area contributed by atoms with Crippen LogP contribution < -0.4 is 25.4 Å². The van der Waals surface area contributed by atoms with Crippen LogP contribution in [0.15, 0.2) is 67.0 Å². The summed E-state index contributed by atoms with van der Waals surface area (Å²) >= 11 is 0. The number of aromatic nitrogens is 2. The van der Waals surface area contributed by atoms with Crippen molar-refractivity contribution in [3.05, 3.63) is 83.7 Å². The number of carbonyl (C=O) groups excluding carboxylic acids is 2. The van der Waals surface area contributed by atoms with Gasteiger partial charge in [-0.25, -0.2) is 9.78 Å². The van der Waals surface area contributed by atoms with Gasteiger partial charge in [-0.05, 0) is 60.2 Å². The second-order valence-electron chi connectivity index (χ2n) is 9.61. The van der Waals surface area contributed by atoms with E-state index in [9.17, 15) is 9.59 Å². The molecule has 0 unspecified atom stereocenters. The fourth-order valence-corrected chi connectivity index (χ4v) is 4.19. The van der Waals surface area contributed by atoms with Gasteiger partial charge in [0.2, 0.25) is 0 Å². The minimum absolute atomic E-state index is 0.182. The molecule has 2 heterocycles. The van der Waals surface area contributed by atoms with E-state index in [1.165, 1.54) is 0 Å². The number of rotatable bonds is 12. The van der Waals surface area contributed by atoms with Crippen LogP contribution in [-0.2, 0) is 13.1 Å². The molecular weight excluding hydrogens is 494 g/mol. The molecule has 0 radical (unpaired) electrons. The Balaban J connectivity index is 1.50. The molecule has 0 fully saturated rings. The number of anilines is 1. The van der Waals surface area contributed by atoms with E-state index in [4.69, 9.17) is 9.47 Å². The molecule has 9 heteroatoms. The summed E-state index contributed by atoms with van der Waals surface area (Å²) in [5, 5.41) is 9.71. The Morgan fingerprint density at radius 1 is 0.974 bits per heavy atom. The Morgan fingerprint density at radius 3 is 2.54 bits per heavy atom. The molecular formula is C30H35N5O4.